The second kappa shape index (κ2) is 6.69. The molecule has 25 heavy (non-hydrogen) atoms. The van der Waals surface area contributed by atoms with Crippen molar-refractivity contribution in [3.05, 3.63) is 17.5 Å². The van der Waals surface area contributed by atoms with Crippen molar-refractivity contribution >= 4 is 12.0 Å². The highest BCUT2D eigenvalue weighted by atomic mass is 16.6. The van der Waals surface area contributed by atoms with Crippen LogP contribution in [0, 0.1) is 5.92 Å². The van der Waals surface area contributed by atoms with Crippen molar-refractivity contribution in [2.24, 2.45) is 5.92 Å². The summed E-state index contributed by atoms with van der Waals surface area (Å²) in [5.74, 6) is 0.493. The van der Waals surface area contributed by atoms with Crippen molar-refractivity contribution in [1.82, 2.24) is 19.6 Å². The first-order valence-corrected chi connectivity index (χ1v) is 9.20. The number of amides is 2. The van der Waals surface area contributed by atoms with Crippen molar-refractivity contribution in [2.45, 2.75) is 52.6 Å². The van der Waals surface area contributed by atoms with Gasteiger partial charge in [0.25, 0.3) is 5.91 Å². The number of piperazine rings is 1. The molecule has 1 atom stereocenters. The van der Waals surface area contributed by atoms with Crippen molar-refractivity contribution < 1.29 is 14.3 Å². The number of fused-ring (bicyclic) bond motifs is 1. The number of nitrogens with zero attached hydrogens (tertiary/aromatic N) is 4. The molecule has 0 aromatic carbocycles. The molecule has 0 spiro atoms. The zero-order chi connectivity index (χ0) is 18.2. The number of hydrogen-bond acceptors (Lipinski definition) is 4. The monoisotopic (exact) mass is 348 g/mol. The molecule has 2 amide bonds. The van der Waals surface area contributed by atoms with Gasteiger partial charge < -0.3 is 9.64 Å². The van der Waals surface area contributed by atoms with E-state index in [2.05, 4.69) is 18.9 Å². The highest BCUT2D eigenvalue weighted by Crippen LogP contribution is 2.32. The van der Waals surface area contributed by atoms with E-state index < -0.39 is 0 Å². The first kappa shape index (κ1) is 17.8. The van der Waals surface area contributed by atoms with Crippen molar-refractivity contribution in [3.8, 4) is 0 Å². The van der Waals surface area contributed by atoms with E-state index in [1.807, 2.05) is 24.8 Å². The smallest absolute Gasteiger partial charge is 0.410 e. The van der Waals surface area contributed by atoms with Crippen LogP contribution in [0.5, 0.6) is 0 Å². The van der Waals surface area contributed by atoms with Crippen LogP contribution in [0.2, 0.25) is 0 Å². The molecule has 2 fully saturated rings. The summed E-state index contributed by atoms with van der Waals surface area (Å²) in [4.78, 5) is 28.7. The molecule has 1 aromatic heterocycles. The standard InChI is InChI=1S/C18H28N4O3/c1-5-18-11-20(7-8-21(18)17(24)25-12-18)16(23)15-10-14(9-13(3)4)19-22(15)6-2/h10,13H,5-9,11-12H2,1-4H3. The normalized spacial score (nSPS) is 23.2. The summed E-state index contributed by atoms with van der Waals surface area (Å²) < 4.78 is 7.05. The topological polar surface area (TPSA) is 67.7 Å². The lowest BCUT2D eigenvalue weighted by Crippen LogP contribution is -2.62. The Labute approximate surface area is 148 Å². The highest BCUT2D eigenvalue weighted by molar-refractivity contribution is 5.93. The first-order chi connectivity index (χ1) is 11.9. The lowest BCUT2D eigenvalue weighted by molar-refractivity contribution is 0.0352. The van der Waals surface area contributed by atoms with Gasteiger partial charge in [-0.3, -0.25) is 14.4 Å². The van der Waals surface area contributed by atoms with E-state index in [-0.39, 0.29) is 17.5 Å². The summed E-state index contributed by atoms with van der Waals surface area (Å²) in [6.45, 7) is 10.9. The van der Waals surface area contributed by atoms with Crippen LogP contribution in [0.1, 0.15) is 50.3 Å². The molecule has 0 saturated carbocycles. The molecule has 2 saturated heterocycles. The lowest BCUT2D eigenvalue weighted by atomic mass is 9.92. The van der Waals surface area contributed by atoms with Crippen LogP contribution in [0.25, 0.3) is 0 Å². The van der Waals surface area contributed by atoms with E-state index in [0.29, 0.717) is 44.4 Å². The maximum Gasteiger partial charge on any atom is 0.410 e. The largest absolute Gasteiger partial charge is 0.447 e. The van der Waals surface area contributed by atoms with Gasteiger partial charge in [0.1, 0.15) is 12.3 Å². The van der Waals surface area contributed by atoms with Crippen LogP contribution in [0.3, 0.4) is 0 Å². The van der Waals surface area contributed by atoms with Crippen molar-refractivity contribution in [3.63, 3.8) is 0 Å². The van der Waals surface area contributed by atoms with E-state index in [1.165, 1.54) is 0 Å². The molecule has 1 unspecified atom stereocenters. The number of cyclic esters (lactones) is 1. The molecule has 2 aliphatic rings. The van der Waals surface area contributed by atoms with Crippen LogP contribution < -0.4 is 0 Å². The Morgan fingerprint density at radius 1 is 1.36 bits per heavy atom. The Balaban J connectivity index is 1.82. The third-order valence-electron chi connectivity index (χ3n) is 5.25. The van der Waals surface area contributed by atoms with Crippen molar-refractivity contribution in [1.29, 1.82) is 0 Å². The molecule has 3 rings (SSSR count). The maximum atomic E-state index is 13.1. The van der Waals surface area contributed by atoms with Gasteiger partial charge in [-0.15, -0.1) is 0 Å². The molecule has 7 nitrogen and oxygen atoms in total. The Bertz CT molecular complexity index is 669. The van der Waals surface area contributed by atoms with Crippen LogP contribution in [0.15, 0.2) is 6.07 Å². The van der Waals surface area contributed by atoms with E-state index in [0.717, 1.165) is 18.5 Å². The Morgan fingerprint density at radius 2 is 2.12 bits per heavy atom. The number of aryl methyl sites for hydroxylation is 1. The van der Waals surface area contributed by atoms with Gasteiger partial charge in [0.15, 0.2) is 0 Å². The quantitative estimate of drug-likeness (QED) is 0.818. The van der Waals surface area contributed by atoms with Crippen LogP contribution in [-0.2, 0) is 17.7 Å². The Kier molecular flexibility index (Phi) is 4.75. The van der Waals surface area contributed by atoms with Gasteiger partial charge in [-0.05, 0) is 31.7 Å². The molecular weight excluding hydrogens is 320 g/mol. The number of ether oxygens (including phenoxy) is 1. The molecule has 7 heteroatoms. The van der Waals surface area contributed by atoms with Crippen LogP contribution in [0.4, 0.5) is 4.79 Å². The van der Waals surface area contributed by atoms with E-state index in [1.54, 1.807) is 9.58 Å². The van der Waals surface area contributed by atoms with E-state index in [4.69, 9.17) is 4.74 Å². The van der Waals surface area contributed by atoms with E-state index in [9.17, 15) is 9.59 Å². The van der Waals surface area contributed by atoms with Gasteiger partial charge in [0, 0.05) is 26.2 Å². The van der Waals surface area contributed by atoms with Crippen LogP contribution in [-0.4, -0.2) is 63.4 Å². The minimum atomic E-state index is -0.386. The molecule has 3 heterocycles. The lowest BCUT2D eigenvalue weighted by Gasteiger charge is -2.44. The average molecular weight is 348 g/mol. The third-order valence-corrected chi connectivity index (χ3v) is 5.25. The Hall–Kier alpha value is -2.05. The molecule has 2 aliphatic heterocycles. The summed E-state index contributed by atoms with van der Waals surface area (Å²) in [5, 5.41) is 4.58. The number of carbonyl (C=O) groups excluding carboxylic acids is 2. The molecule has 1 aromatic rings. The summed E-state index contributed by atoms with van der Waals surface area (Å²) in [5.41, 5.74) is 1.22. The molecule has 0 radical (unpaired) electrons. The predicted octanol–water partition coefficient (Wildman–Crippen LogP) is 2.16. The average Bonchev–Trinajstić information content (AvgIpc) is 3.15. The molecule has 0 aliphatic carbocycles. The van der Waals surface area contributed by atoms with Crippen LogP contribution >= 0.6 is 0 Å². The maximum absolute atomic E-state index is 13.1. The minimum absolute atomic E-state index is 0.00354. The first-order valence-electron chi connectivity index (χ1n) is 9.20. The summed E-state index contributed by atoms with van der Waals surface area (Å²) in [6.07, 6.45) is 1.38. The van der Waals surface area contributed by atoms with Gasteiger partial charge in [-0.2, -0.15) is 5.10 Å². The van der Waals surface area contributed by atoms with Crippen molar-refractivity contribution in [2.75, 3.05) is 26.2 Å². The van der Waals surface area contributed by atoms with Gasteiger partial charge in [-0.1, -0.05) is 20.8 Å². The zero-order valence-corrected chi connectivity index (χ0v) is 15.6. The molecule has 138 valence electrons. The van der Waals surface area contributed by atoms with E-state index >= 15 is 0 Å². The zero-order valence-electron chi connectivity index (χ0n) is 15.6. The summed E-state index contributed by atoms with van der Waals surface area (Å²) in [6, 6.07) is 1.92. The number of aromatic nitrogens is 2. The fraction of sp³-hybridized carbons (Fsp3) is 0.722. The number of rotatable bonds is 5. The minimum Gasteiger partial charge on any atom is -0.447 e. The highest BCUT2D eigenvalue weighted by Gasteiger charge is 2.50. The second-order valence-electron chi connectivity index (χ2n) is 7.45. The molecule has 0 N–H and O–H groups in total. The number of hydrogen-bond donors (Lipinski definition) is 0. The third kappa shape index (κ3) is 3.12. The molecule has 0 bridgehead atoms. The number of carbonyl (C=O) groups is 2. The van der Waals surface area contributed by atoms with Gasteiger partial charge in [0.2, 0.25) is 0 Å². The Morgan fingerprint density at radius 3 is 2.76 bits per heavy atom. The van der Waals surface area contributed by atoms with Gasteiger partial charge >= 0.3 is 6.09 Å². The SMILES string of the molecule is CCn1nc(CC(C)C)cc1C(=O)N1CCN2C(=O)OCC2(CC)C1. The second-order valence-corrected chi connectivity index (χ2v) is 7.45. The summed E-state index contributed by atoms with van der Waals surface area (Å²) >= 11 is 0. The predicted molar refractivity (Wildman–Crippen MR) is 93.4 cm³/mol. The molecular formula is C18H28N4O3. The fourth-order valence-corrected chi connectivity index (χ4v) is 3.80. The fourth-order valence-electron chi connectivity index (χ4n) is 3.80. The van der Waals surface area contributed by atoms with Gasteiger partial charge in [-0.25, -0.2) is 4.79 Å². The summed E-state index contributed by atoms with van der Waals surface area (Å²) in [7, 11) is 0. The van der Waals surface area contributed by atoms with Gasteiger partial charge in [0.05, 0.1) is 11.2 Å².